The lowest BCUT2D eigenvalue weighted by Crippen LogP contribution is -2.40. The number of piperidine rings is 1. The van der Waals surface area contributed by atoms with E-state index in [0.29, 0.717) is 17.8 Å². The Morgan fingerprint density at radius 1 is 0.971 bits per heavy atom. The zero-order chi connectivity index (χ0) is 23.3. The van der Waals surface area contributed by atoms with Gasteiger partial charge in [0.15, 0.2) is 0 Å². The number of aromatic nitrogens is 1. The summed E-state index contributed by atoms with van der Waals surface area (Å²) in [6.07, 6.45) is 1.89. The summed E-state index contributed by atoms with van der Waals surface area (Å²) in [6.45, 7) is 5.38. The third-order valence-corrected chi connectivity index (χ3v) is 6.79. The van der Waals surface area contributed by atoms with Gasteiger partial charge in [-0.2, -0.15) is 0 Å². The summed E-state index contributed by atoms with van der Waals surface area (Å²) in [6, 6.07) is 20.4. The van der Waals surface area contributed by atoms with Crippen LogP contribution in [0.3, 0.4) is 0 Å². The molecule has 0 bridgehead atoms. The summed E-state index contributed by atoms with van der Waals surface area (Å²) in [4.78, 5) is 22.7. The molecule has 2 fully saturated rings. The maximum Gasteiger partial charge on any atom is 0.254 e. The van der Waals surface area contributed by atoms with Gasteiger partial charge in [-0.25, -0.2) is 4.39 Å². The van der Waals surface area contributed by atoms with Crippen LogP contribution in [-0.2, 0) is 11.3 Å². The second-order valence-corrected chi connectivity index (χ2v) is 9.06. The summed E-state index contributed by atoms with van der Waals surface area (Å²) >= 11 is 0. The third kappa shape index (κ3) is 5.03. The number of morpholine rings is 1. The number of ether oxygens (including phenoxy) is 1. The number of halogens is 1. The van der Waals surface area contributed by atoms with Crippen molar-refractivity contribution in [2.45, 2.75) is 25.3 Å². The Hall–Kier alpha value is -3.09. The minimum Gasteiger partial charge on any atom is -0.379 e. The van der Waals surface area contributed by atoms with Gasteiger partial charge in [0.05, 0.1) is 18.9 Å². The van der Waals surface area contributed by atoms with Crippen LogP contribution in [0.15, 0.2) is 66.7 Å². The summed E-state index contributed by atoms with van der Waals surface area (Å²) in [5.41, 5.74) is 3.90. The lowest BCUT2D eigenvalue weighted by atomic mass is 9.93. The largest absolute Gasteiger partial charge is 0.379 e. The first-order valence-electron chi connectivity index (χ1n) is 12.1. The molecule has 2 saturated heterocycles. The number of pyridine rings is 1. The molecule has 6 heteroatoms. The Balaban J connectivity index is 1.33. The fourth-order valence-corrected chi connectivity index (χ4v) is 4.94. The molecule has 2 aliphatic rings. The number of hydrogen-bond acceptors (Lipinski definition) is 4. The van der Waals surface area contributed by atoms with E-state index in [0.717, 1.165) is 69.1 Å². The lowest BCUT2D eigenvalue weighted by molar-refractivity contribution is 0.0339. The van der Waals surface area contributed by atoms with Crippen molar-refractivity contribution in [3.05, 3.63) is 89.4 Å². The van der Waals surface area contributed by atoms with Gasteiger partial charge in [0.25, 0.3) is 5.91 Å². The van der Waals surface area contributed by atoms with Crippen LogP contribution in [0.2, 0.25) is 0 Å². The number of carbonyl (C=O) groups excluding carboxylic acids is 1. The Morgan fingerprint density at radius 2 is 1.76 bits per heavy atom. The monoisotopic (exact) mass is 459 g/mol. The van der Waals surface area contributed by atoms with E-state index in [-0.39, 0.29) is 17.6 Å². The number of amides is 1. The Bertz CT molecular complexity index is 1150. The van der Waals surface area contributed by atoms with E-state index in [1.807, 2.05) is 47.4 Å². The Morgan fingerprint density at radius 3 is 2.62 bits per heavy atom. The molecule has 5 rings (SSSR count). The predicted molar refractivity (Wildman–Crippen MR) is 130 cm³/mol. The predicted octanol–water partition coefficient (Wildman–Crippen LogP) is 4.74. The van der Waals surface area contributed by atoms with Crippen LogP contribution in [0.1, 0.15) is 40.4 Å². The minimum atomic E-state index is -0.274. The van der Waals surface area contributed by atoms with Crippen LogP contribution < -0.4 is 0 Å². The van der Waals surface area contributed by atoms with Gasteiger partial charge < -0.3 is 9.64 Å². The molecule has 1 atom stereocenters. The van der Waals surface area contributed by atoms with Crippen LogP contribution >= 0.6 is 0 Å². The van der Waals surface area contributed by atoms with Crippen molar-refractivity contribution < 1.29 is 13.9 Å². The molecule has 1 aromatic heterocycles. The second kappa shape index (κ2) is 10.5. The molecule has 2 aromatic carbocycles. The highest BCUT2D eigenvalue weighted by Gasteiger charge is 2.28. The van der Waals surface area contributed by atoms with Crippen molar-refractivity contribution in [3.63, 3.8) is 0 Å². The molecule has 0 unspecified atom stereocenters. The standard InChI is InChI=1S/C28H30FN3O2/c29-25-11-4-3-10-24(25)27-13-5-12-26(30-27)22-8-6-14-32(20-22)28(33)23-9-2-1-7-21(23)19-31-15-17-34-18-16-31/h1-5,7,9-13,22H,6,8,14-20H2/t22-/m1/s1. The molecule has 3 aromatic rings. The number of hydrogen-bond donors (Lipinski definition) is 0. The number of nitrogens with zero attached hydrogens (tertiary/aromatic N) is 3. The van der Waals surface area contributed by atoms with E-state index < -0.39 is 0 Å². The van der Waals surface area contributed by atoms with Gasteiger partial charge in [0.2, 0.25) is 0 Å². The van der Waals surface area contributed by atoms with Gasteiger partial charge in [-0.3, -0.25) is 14.7 Å². The van der Waals surface area contributed by atoms with Gasteiger partial charge >= 0.3 is 0 Å². The van der Waals surface area contributed by atoms with Gasteiger partial charge in [0, 0.05) is 55.5 Å². The highest BCUT2D eigenvalue weighted by Crippen LogP contribution is 2.29. The van der Waals surface area contributed by atoms with Crippen LogP contribution in [0, 0.1) is 5.82 Å². The fraction of sp³-hybridized carbons (Fsp3) is 0.357. The quantitative estimate of drug-likeness (QED) is 0.553. The van der Waals surface area contributed by atoms with Crippen molar-refractivity contribution in [2.75, 3.05) is 39.4 Å². The summed E-state index contributed by atoms with van der Waals surface area (Å²) < 4.78 is 19.8. The van der Waals surface area contributed by atoms with Gasteiger partial charge in [0.1, 0.15) is 5.82 Å². The molecule has 0 spiro atoms. The summed E-state index contributed by atoms with van der Waals surface area (Å²) in [5.74, 6) is -0.0564. The topological polar surface area (TPSA) is 45.7 Å². The molecule has 176 valence electrons. The van der Waals surface area contributed by atoms with Gasteiger partial charge in [-0.1, -0.05) is 36.4 Å². The number of benzene rings is 2. The first-order chi connectivity index (χ1) is 16.7. The summed E-state index contributed by atoms with van der Waals surface area (Å²) in [7, 11) is 0. The molecular formula is C28H30FN3O2. The van der Waals surface area contributed by atoms with E-state index in [2.05, 4.69) is 11.0 Å². The van der Waals surface area contributed by atoms with E-state index in [4.69, 9.17) is 9.72 Å². The molecule has 0 N–H and O–H groups in total. The first-order valence-corrected chi connectivity index (χ1v) is 12.1. The number of rotatable bonds is 5. The molecule has 5 nitrogen and oxygen atoms in total. The zero-order valence-electron chi connectivity index (χ0n) is 19.3. The third-order valence-electron chi connectivity index (χ3n) is 6.79. The van der Waals surface area contributed by atoms with Gasteiger partial charge in [-0.05, 0) is 48.7 Å². The van der Waals surface area contributed by atoms with Crippen LogP contribution in [-0.4, -0.2) is 60.1 Å². The molecule has 34 heavy (non-hydrogen) atoms. The molecule has 3 heterocycles. The SMILES string of the molecule is O=C(c1ccccc1CN1CCOCC1)N1CCC[C@@H](c2cccc(-c3ccccc3F)n2)C1. The van der Waals surface area contributed by atoms with Crippen LogP contribution in [0.4, 0.5) is 4.39 Å². The lowest BCUT2D eigenvalue weighted by Gasteiger charge is -2.33. The molecule has 0 aliphatic carbocycles. The van der Waals surface area contributed by atoms with Crippen molar-refractivity contribution in [1.82, 2.24) is 14.8 Å². The number of likely N-dealkylation sites (tertiary alicyclic amines) is 1. The minimum absolute atomic E-state index is 0.0822. The van der Waals surface area contributed by atoms with Gasteiger partial charge in [-0.15, -0.1) is 0 Å². The molecule has 1 amide bonds. The first kappa shape index (κ1) is 22.7. The van der Waals surface area contributed by atoms with Crippen molar-refractivity contribution in [1.29, 1.82) is 0 Å². The highest BCUT2D eigenvalue weighted by molar-refractivity contribution is 5.95. The second-order valence-electron chi connectivity index (χ2n) is 9.06. The van der Waals surface area contributed by atoms with E-state index in [9.17, 15) is 9.18 Å². The number of carbonyl (C=O) groups is 1. The van der Waals surface area contributed by atoms with Crippen molar-refractivity contribution in [2.24, 2.45) is 0 Å². The van der Waals surface area contributed by atoms with E-state index >= 15 is 0 Å². The van der Waals surface area contributed by atoms with E-state index in [1.165, 1.54) is 6.07 Å². The summed E-state index contributed by atoms with van der Waals surface area (Å²) in [5, 5.41) is 0. The average molecular weight is 460 g/mol. The van der Waals surface area contributed by atoms with E-state index in [1.54, 1.807) is 12.1 Å². The fourth-order valence-electron chi connectivity index (χ4n) is 4.94. The molecule has 2 aliphatic heterocycles. The smallest absolute Gasteiger partial charge is 0.254 e. The highest BCUT2D eigenvalue weighted by atomic mass is 19.1. The normalized spacial score (nSPS) is 19.2. The van der Waals surface area contributed by atoms with Crippen LogP contribution in [0.5, 0.6) is 0 Å². The molecular weight excluding hydrogens is 429 g/mol. The van der Waals surface area contributed by atoms with Crippen molar-refractivity contribution in [3.8, 4) is 11.3 Å². The maximum atomic E-state index is 14.3. The maximum absolute atomic E-state index is 14.3. The molecule has 0 radical (unpaired) electrons. The zero-order valence-corrected chi connectivity index (χ0v) is 19.3. The van der Waals surface area contributed by atoms with Crippen LogP contribution in [0.25, 0.3) is 11.3 Å². The average Bonchev–Trinajstić information content (AvgIpc) is 2.90. The Labute approximate surface area is 200 Å². The van der Waals surface area contributed by atoms with Crippen molar-refractivity contribution >= 4 is 5.91 Å². The Kier molecular flexibility index (Phi) is 6.97. The molecule has 0 saturated carbocycles.